The Morgan fingerprint density at radius 3 is 2.44 bits per heavy atom. The highest BCUT2D eigenvalue weighted by Gasteiger charge is 2.19. The second-order valence-corrected chi connectivity index (χ2v) is 8.46. The van der Waals surface area contributed by atoms with Gasteiger partial charge in [0.05, 0.1) is 5.57 Å². The van der Waals surface area contributed by atoms with Gasteiger partial charge in [-0.15, -0.1) is 0 Å². The highest BCUT2D eigenvalue weighted by atomic mass is 32.2. The predicted molar refractivity (Wildman–Crippen MR) is 107 cm³/mol. The van der Waals surface area contributed by atoms with E-state index in [-0.39, 0.29) is 4.90 Å². The minimum Gasteiger partial charge on any atom is -0.264 e. The largest absolute Gasteiger partial charge is 0.358 e. The van der Waals surface area contributed by atoms with E-state index in [0.29, 0.717) is 15.5 Å². The molecule has 0 unspecified atom stereocenters. The Labute approximate surface area is 162 Å². The molecule has 0 atom stereocenters. The average Bonchev–Trinajstić information content (AvgIpc) is 3.11. The molecular formula is C20H16N2O3S2. The van der Waals surface area contributed by atoms with Crippen LogP contribution in [0.25, 0.3) is 5.57 Å². The fourth-order valence-corrected chi connectivity index (χ4v) is 4.06. The van der Waals surface area contributed by atoms with Crippen molar-refractivity contribution in [1.82, 2.24) is 0 Å². The molecular weight excluding hydrogens is 380 g/mol. The van der Waals surface area contributed by atoms with Crippen molar-refractivity contribution in [2.24, 2.45) is 5.16 Å². The first-order chi connectivity index (χ1) is 12.9. The molecule has 5 nitrogen and oxygen atoms in total. The number of nitriles is 1. The van der Waals surface area contributed by atoms with Gasteiger partial charge in [0.2, 0.25) is 0 Å². The van der Waals surface area contributed by atoms with Gasteiger partial charge in [-0.2, -0.15) is 13.7 Å². The van der Waals surface area contributed by atoms with Gasteiger partial charge in [-0.3, -0.25) is 4.28 Å². The van der Waals surface area contributed by atoms with E-state index in [0.717, 1.165) is 16.7 Å². The summed E-state index contributed by atoms with van der Waals surface area (Å²) in [5.41, 5.74) is 3.28. The Balaban J connectivity index is 1.82. The molecule has 0 aromatic heterocycles. The van der Waals surface area contributed by atoms with Crippen LogP contribution in [-0.4, -0.2) is 13.5 Å². The van der Waals surface area contributed by atoms with Crippen LogP contribution in [-0.2, 0) is 14.4 Å². The molecule has 0 spiro atoms. The number of nitrogens with zero attached hydrogens (tertiary/aromatic N) is 2. The molecule has 2 aromatic rings. The molecule has 3 rings (SSSR count). The lowest BCUT2D eigenvalue weighted by atomic mass is 10.0. The summed E-state index contributed by atoms with van der Waals surface area (Å²) in [6.45, 7) is 3.80. The van der Waals surface area contributed by atoms with Gasteiger partial charge in [0.15, 0.2) is 0 Å². The summed E-state index contributed by atoms with van der Waals surface area (Å²) < 4.78 is 29.2. The number of hydrogen-bond donors (Lipinski definition) is 0. The maximum Gasteiger partial charge on any atom is 0.358 e. The topological polar surface area (TPSA) is 79.5 Å². The van der Waals surface area contributed by atoms with Gasteiger partial charge in [0.1, 0.15) is 16.0 Å². The summed E-state index contributed by atoms with van der Waals surface area (Å²) in [7, 11) is -3.98. The van der Waals surface area contributed by atoms with Crippen LogP contribution in [0.5, 0.6) is 0 Å². The molecule has 2 aromatic carbocycles. The van der Waals surface area contributed by atoms with Crippen molar-refractivity contribution < 1.29 is 12.7 Å². The number of hydrogen-bond acceptors (Lipinski definition) is 6. The summed E-state index contributed by atoms with van der Waals surface area (Å²) in [5.74, 6) is 0. The van der Waals surface area contributed by atoms with Gasteiger partial charge in [0.25, 0.3) is 0 Å². The second kappa shape index (κ2) is 7.82. The molecule has 7 heteroatoms. The molecule has 136 valence electrons. The number of rotatable bonds is 4. The van der Waals surface area contributed by atoms with Crippen molar-refractivity contribution in [3.63, 3.8) is 0 Å². The normalized spacial score (nSPS) is 17.0. The van der Waals surface area contributed by atoms with Crippen LogP contribution in [0.3, 0.4) is 0 Å². The first kappa shape index (κ1) is 19.0. The molecule has 0 saturated heterocycles. The van der Waals surface area contributed by atoms with Gasteiger partial charge in [-0.25, -0.2) is 0 Å². The molecule has 0 aliphatic carbocycles. The van der Waals surface area contributed by atoms with E-state index in [2.05, 4.69) is 11.2 Å². The van der Waals surface area contributed by atoms with E-state index in [1.54, 1.807) is 24.3 Å². The number of oxime groups is 1. The lowest BCUT2D eigenvalue weighted by molar-refractivity contribution is 0.340. The Morgan fingerprint density at radius 1 is 1.07 bits per heavy atom. The fraction of sp³-hybridized carbons (Fsp3) is 0.100. The lowest BCUT2D eigenvalue weighted by Crippen LogP contribution is -2.03. The second-order valence-electron chi connectivity index (χ2n) is 5.87. The highest BCUT2D eigenvalue weighted by Crippen LogP contribution is 2.35. The Bertz CT molecular complexity index is 1110. The van der Waals surface area contributed by atoms with E-state index in [1.807, 2.05) is 38.1 Å². The molecule has 0 fully saturated rings. The average molecular weight is 396 g/mol. The number of benzene rings is 2. The molecule has 1 heterocycles. The van der Waals surface area contributed by atoms with Gasteiger partial charge in [0, 0.05) is 4.91 Å². The van der Waals surface area contributed by atoms with Gasteiger partial charge < -0.3 is 0 Å². The monoisotopic (exact) mass is 396 g/mol. The first-order valence-corrected chi connectivity index (χ1v) is 10.3. The third kappa shape index (κ3) is 4.30. The number of thioether (sulfide) groups is 1. The van der Waals surface area contributed by atoms with Crippen LogP contribution in [0.15, 0.2) is 75.6 Å². The van der Waals surface area contributed by atoms with E-state index >= 15 is 0 Å². The van der Waals surface area contributed by atoms with Crippen molar-refractivity contribution in [3.05, 3.63) is 82.3 Å². The summed E-state index contributed by atoms with van der Waals surface area (Å²) in [6, 6.07) is 16.1. The van der Waals surface area contributed by atoms with E-state index < -0.39 is 10.1 Å². The predicted octanol–water partition coefficient (Wildman–Crippen LogP) is 4.56. The van der Waals surface area contributed by atoms with Crippen molar-refractivity contribution >= 4 is 32.5 Å². The third-order valence-electron chi connectivity index (χ3n) is 3.90. The van der Waals surface area contributed by atoms with Crippen molar-refractivity contribution in [3.8, 4) is 6.07 Å². The minimum atomic E-state index is -3.98. The Kier molecular flexibility index (Phi) is 5.49. The zero-order valence-corrected chi connectivity index (χ0v) is 16.3. The summed E-state index contributed by atoms with van der Waals surface area (Å²) in [6.07, 6.45) is 3.36. The maximum absolute atomic E-state index is 12.2. The molecule has 0 amide bonds. The fourth-order valence-electron chi connectivity index (χ4n) is 2.45. The van der Waals surface area contributed by atoms with E-state index in [4.69, 9.17) is 4.28 Å². The van der Waals surface area contributed by atoms with Crippen LogP contribution < -0.4 is 0 Å². The lowest BCUT2D eigenvalue weighted by Gasteiger charge is -2.06. The zero-order chi connectivity index (χ0) is 19.4. The maximum atomic E-state index is 12.2. The SMILES string of the molecule is Cc1ccc(S(=O)(=O)O/N=C2C=C/C(=C(\C#N)c3ccccc3C)S/2)cc1. The van der Waals surface area contributed by atoms with Gasteiger partial charge in [-0.05, 0) is 49.3 Å². The van der Waals surface area contributed by atoms with Crippen LogP contribution in [0.4, 0.5) is 0 Å². The number of allylic oxidation sites excluding steroid dienone is 2. The van der Waals surface area contributed by atoms with Crippen molar-refractivity contribution in [2.45, 2.75) is 18.7 Å². The quantitative estimate of drug-likeness (QED) is 0.559. The number of aryl methyl sites for hydroxylation is 2. The molecule has 0 bridgehead atoms. The third-order valence-corrected chi connectivity index (χ3v) is 6.00. The van der Waals surface area contributed by atoms with Crippen molar-refractivity contribution in [1.29, 1.82) is 5.26 Å². The highest BCUT2D eigenvalue weighted by molar-refractivity contribution is 8.18. The Morgan fingerprint density at radius 2 is 1.78 bits per heavy atom. The van der Waals surface area contributed by atoms with Gasteiger partial charge in [-0.1, -0.05) is 58.9 Å². The standard InChI is InChI=1S/C20H16N2O3S2/c1-14-7-9-16(10-8-14)27(23,24)25-22-20-12-11-19(26-20)18(13-21)17-6-4-3-5-15(17)2/h3-12H,1-2H3/b19-18-,22-20-. The van der Waals surface area contributed by atoms with E-state index in [9.17, 15) is 13.7 Å². The van der Waals surface area contributed by atoms with Crippen LogP contribution in [0, 0.1) is 25.2 Å². The smallest absolute Gasteiger partial charge is 0.264 e. The van der Waals surface area contributed by atoms with Crippen molar-refractivity contribution in [2.75, 3.05) is 0 Å². The molecule has 27 heavy (non-hydrogen) atoms. The first-order valence-electron chi connectivity index (χ1n) is 8.05. The van der Waals surface area contributed by atoms with Crippen LogP contribution >= 0.6 is 11.8 Å². The van der Waals surface area contributed by atoms with Gasteiger partial charge >= 0.3 is 10.1 Å². The summed E-state index contributed by atoms with van der Waals surface area (Å²) >= 11 is 1.19. The molecule has 0 saturated carbocycles. The molecule has 0 radical (unpaired) electrons. The zero-order valence-electron chi connectivity index (χ0n) is 14.7. The Hall–Kier alpha value is -2.82. The van der Waals surface area contributed by atoms with E-state index in [1.165, 1.54) is 23.9 Å². The minimum absolute atomic E-state index is 0.0396. The summed E-state index contributed by atoms with van der Waals surface area (Å²) in [5, 5.41) is 13.7. The van der Waals surface area contributed by atoms with Crippen LogP contribution in [0.1, 0.15) is 16.7 Å². The molecule has 0 N–H and O–H groups in total. The molecule has 1 aliphatic heterocycles. The summed E-state index contributed by atoms with van der Waals surface area (Å²) in [4.78, 5) is 0.736. The molecule has 1 aliphatic rings. The van der Waals surface area contributed by atoms with Crippen LogP contribution in [0.2, 0.25) is 0 Å².